The van der Waals surface area contributed by atoms with Gasteiger partial charge in [-0.05, 0) is 67.9 Å². The van der Waals surface area contributed by atoms with Crippen molar-refractivity contribution in [2.45, 2.75) is 38.1 Å². The van der Waals surface area contributed by atoms with Crippen molar-refractivity contribution < 1.29 is 9.72 Å². The zero-order valence-corrected chi connectivity index (χ0v) is 16.8. The number of non-ortho nitro benzene ring substituents is 1. The number of benzene rings is 1. The van der Waals surface area contributed by atoms with Gasteiger partial charge in [-0.25, -0.2) is 0 Å². The van der Waals surface area contributed by atoms with Crippen LogP contribution >= 0.6 is 0 Å². The van der Waals surface area contributed by atoms with Crippen molar-refractivity contribution in [2.75, 3.05) is 38.0 Å². The van der Waals surface area contributed by atoms with Crippen molar-refractivity contribution in [1.29, 1.82) is 0 Å². The molecule has 6 rings (SSSR count). The van der Waals surface area contributed by atoms with E-state index in [4.69, 9.17) is 0 Å². The van der Waals surface area contributed by atoms with Gasteiger partial charge in [-0.1, -0.05) is 0 Å². The zero-order valence-electron chi connectivity index (χ0n) is 16.8. The second kappa shape index (κ2) is 7.69. The smallest absolute Gasteiger partial charge is 0.269 e. The number of amides is 1. The molecule has 1 amide bonds. The Hall–Kier alpha value is -1.99. The van der Waals surface area contributed by atoms with Gasteiger partial charge in [0.05, 0.1) is 11.5 Å². The Bertz CT molecular complexity index is 745. The fraction of sp³-hybridized carbons (Fsp3) is 0.682. The van der Waals surface area contributed by atoms with E-state index in [0.717, 1.165) is 55.9 Å². The fourth-order valence-electron chi connectivity index (χ4n) is 6.78. The van der Waals surface area contributed by atoms with Crippen molar-refractivity contribution in [3.05, 3.63) is 34.4 Å². The molecule has 1 aliphatic heterocycles. The molecule has 0 spiro atoms. The molecule has 29 heavy (non-hydrogen) atoms. The topological polar surface area (TPSA) is 78.7 Å². The molecule has 1 heterocycles. The Balaban J connectivity index is 1.10. The minimum atomic E-state index is -0.436. The highest BCUT2D eigenvalue weighted by Crippen LogP contribution is 2.55. The Morgan fingerprint density at radius 1 is 0.966 bits per heavy atom. The van der Waals surface area contributed by atoms with Crippen LogP contribution in [0.25, 0.3) is 0 Å². The van der Waals surface area contributed by atoms with E-state index in [1.807, 2.05) is 0 Å². The van der Waals surface area contributed by atoms with E-state index in [-0.39, 0.29) is 11.6 Å². The molecule has 5 fully saturated rings. The van der Waals surface area contributed by atoms with Gasteiger partial charge in [0.25, 0.3) is 5.69 Å². The summed E-state index contributed by atoms with van der Waals surface area (Å²) in [7, 11) is 0. The number of carbonyl (C=O) groups is 1. The number of nitro benzene ring substituents is 1. The first-order valence-electron chi connectivity index (χ1n) is 11.1. The van der Waals surface area contributed by atoms with E-state index in [1.54, 1.807) is 12.1 Å². The number of nitrogens with one attached hydrogen (secondary N) is 1. The maximum Gasteiger partial charge on any atom is 0.269 e. The lowest BCUT2D eigenvalue weighted by atomic mass is 9.54. The standard InChI is InChI=1S/C22H30N4O3/c27-21(23-19-1-3-20(4-2-19)26(28)29)14-24-5-7-25(8-6-24)22-17-10-15-9-16(12-17)13-18(22)11-15/h1-4,15-18,22H,5-14H2,(H,23,27). The summed E-state index contributed by atoms with van der Waals surface area (Å²) in [4.78, 5) is 27.6. The van der Waals surface area contributed by atoms with E-state index in [0.29, 0.717) is 12.2 Å². The summed E-state index contributed by atoms with van der Waals surface area (Å²) in [6.07, 6.45) is 7.31. The SMILES string of the molecule is O=C(CN1CCN(C2C3CC4CC(C3)CC2C4)CC1)Nc1ccc([N+](=O)[O-])cc1. The van der Waals surface area contributed by atoms with E-state index < -0.39 is 4.92 Å². The van der Waals surface area contributed by atoms with Crippen LogP contribution in [0.2, 0.25) is 0 Å². The molecular formula is C22H30N4O3. The number of rotatable bonds is 5. The molecule has 4 aliphatic carbocycles. The molecule has 0 aromatic heterocycles. The highest BCUT2D eigenvalue weighted by atomic mass is 16.6. The Morgan fingerprint density at radius 3 is 2.10 bits per heavy atom. The molecule has 1 saturated heterocycles. The number of piperazine rings is 1. The minimum absolute atomic E-state index is 0.0314. The third kappa shape index (κ3) is 3.90. The van der Waals surface area contributed by atoms with Gasteiger partial charge in [0.1, 0.15) is 0 Å². The van der Waals surface area contributed by atoms with Crippen LogP contribution in [0.1, 0.15) is 32.1 Å². The van der Waals surface area contributed by atoms with Crippen LogP contribution in [0.4, 0.5) is 11.4 Å². The van der Waals surface area contributed by atoms with Gasteiger partial charge in [-0.15, -0.1) is 0 Å². The molecule has 1 aromatic rings. The molecule has 4 saturated carbocycles. The molecule has 0 atom stereocenters. The van der Waals surface area contributed by atoms with Crippen molar-refractivity contribution >= 4 is 17.3 Å². The Kier molecular flexibility index (Phi) is 5.04. The molecule has 4 bridgehead atoms. The first kappa shape index (κ1) is 19.0. The monoisotopic (exact) mass is 398 g/mol. The lowest BCUT2D eigenvalue weighted by molar-refractivity contribution is -0.384. The van der Waals surface area contributed by atoms with Crippen LogP contribution in [0.15, 0.2) is 24.3 Å². The average molecular weight is 399 g/mol. The number of anilines is 1. The second-order valence-corrected chi connectivity index (χ2v) is 9.59. The molecule has 0 radical (unpaired) electrons. The van der Waals surface area contributed by atoms with Crippen LogP contribution in [-0.4, -0.2) is 59.4 Å². The van der Waals surface area contributed by atoms with Crippen molar-refractivity contribution in [2.24, 2.45) is 23.7 Å². The van der Waals surface area contributed by atoms with Gasteiger partial charge in [0.2, 0.25) is 5.91 Å². The van der Waals surface area contributed by atoms with Crippen molar-refractivity contribution in [3.8, 4) is 0 Å². The number of nitrogens with zero attached hydrogens (tertiary/aromatic N) is 3. The van der Waals surface area contributed by atoms with Gasteiger partial charge < -0.3 is 5.32 Å². The summed E-state index contributed by atoms with van der Waals surface area (Å²) < 4.78 is 0. The molecule has 1 aromatic carbocycles. The predicted octanol–water partition coefficient (Wildman–Crippen LogP) is 2.98. The largest absolute Gasteiger partial charge is 0.325 e. The van der Waals surface area contributed by atoms with Gasteiger partial charge in [0, 0.05) is 50.0 Å². The first-order chi connectivity index (χ1) is 14.0. The predicted molar refractivity (Wildman–Crippen MR) is 111 cm³/mol. The summed E-state index contributed by atoms with van der Waals surface area (Å²) in [6.45, 7) is 4.40. The summed E-state index contributed by atoms with van der Waals surface area (Å²) in [5.41, 5.74) is 0.636. The minimum Gasteiger partial charge on any atom is -0.325 e. The third-order valence-corrected chi connectivity index (χ3v) is 7.73. The number of hydrogen-bond donors (Lipinski definition) is 1. The number of hydrogen-bond acceptors (Lipinski definition) is 5. The second-order valence-electron chi connectivity index (χ2n) is 9.59. The lowest BCUT2D eigenvalue weighted by Crippen LogP contribution is -2.60. The highest BCUT2D eigenvalue weighted by Gasteiger charge is 2.50. The Morgan fingerprint density at radius 2 is 1.55 bits per heavy atom. The zero-order chi connectivity index (χ0) is 20.0. The number of nitro groups is 1. The molecular weight excluding hydrogens is 368 g/mol. The first-order valence-corrected chi connectivity index (χ1v) is 11.1. The van der Waals surface area contributed by atoms with Gasteiger partial charge in [0.15, 0.2) is 0 Å². The summed E-state index contributed by atoms with van der Waals surface area (Å²) in [5, 5.41) is 13.6. The lowest BCUT2D eigenvalue weighted by Gasteiger charge is -2.58. The van der Waals surface area contributed by atoms with E-state index in [9.17, 15) is 14.9 Å². The molecule has 1 N–H and O–H groups in total. The highest BCUT2D eigenvalue weighted by molar-refractivity contribution is 5.92. The normalized spacial score (nSPS) is 34.3. The number of carbonyl (C=O) groups excluding carboxylic acids is 1. The van der Waals surface area contributed by atoms with Crippen LogP contribution < -0.4 is 5.32 Å². The summed E-state index contributed by atoms with van der Waals surface area (Å²) in [6, 6.07) is 6.79. The van der Waals surface area contributed by atoms with Crippen molar-refractivity contribution in [3.63, 3.8) is 0 Å². The van der Waals surface area contributed by atoms with Gasteiger partial charge >= 0.3 is 0 Å². The van der Waals surface area contributed by atoms with Crippen LogP contribution in [0.3, 0.4) is 0 Å². The van der Waals surface area contributed by atoms with Gasteiger partial charge in [-0.3, -0.25) is 24.7 Å². The molecule has 0 unspecified atom stereocenters. The van der Waals surface area contributed by atoms with Crippen LogP contribution in [0, 0.1) is 33.8 Å². The quantitative estimate of drug-likeness (QED) is 0.609. The molecule has 156 valence electrons. The maximum atomic E-state index is 12.4. The van der Waals surface area contributed by atoms with Crippen LogP contribution in [0.5, 0.6) is 0 Å². The van der Waals surface area contributed by atoms with Crippen molar-refractivity contribution in [1.82, 2.24) is 9.80 Å². The summed E-state index contributed by atoms with van der Waals surface area (Å²) >= 11 is 0. The van der Waals surface area contributed by atoms with E-state index in [1.165, 1.54) is 44.2 Å². The summed E-state index contributed by atoms with van der Waals surface area (Å²) in [5.74, 6) is 3.81. The molecule has 7 nitrogen and oxygen atoms in total. The van der Waals surface area contributed by atoms with E-state index >= 15 is 0 Å². The Labute approximate surface area is 171 Å². The molecule has 7 heteroatoms. The molecule has 5 aliphatic rings. The average Bonchev–Trinajstić information content (AvgIpc) is 2.69. The van der Waals surface area contributed by atoms with Crippen LogP contribution in [-0.2, 0) is 4.79 Å². The maximum absolute atomic E-state index is 12.4. The van der Waals surface area contributed by atoms with E-state index in [2.05, 4.69) is 15.1 Å². The van der Waals surface area contributed by atoms with Gasteiger partial charge in [-0.2, -0.15) is 0 Å². The third-order valence-electron chi connectivity index (χ3n) is 7.73. The fourth-order valence-corrected chi connectivity index (χ4v) is 6.78.